The van der Waals surface area contributed by atoms with Crippen molar-refractivity contribution < 1.29 is 24.5 Å². The van der Waals surface area contributed by atoms with Crippen LogP contribution in [0.15, 0.2) is 54.6 Å². The summed E-state index contributed by atoms with van der Waals surface area (Å²) in [5.74, 6) is -2.69. The quantitative estimate of drug-likeness (QED) is 0.637. The summed E-state index contributed by atoms with van der Waals surface area (Å²) >= 11 is 0. The van der Waals surface area contributed by atoms with Crippen molar-refractivity contribution in [1.82, 2.24) is 9.80 Å². The summed E-state index contributed by atoms with van der Waals surface area (Å²) in [4.78, 5) is 23.2. The maximum Gasteiger partial charge on any atom is 0.414 e. The van der Waals surface area contributed by atoms with Crippen LogP contribution in [0.4, 0.5) is 0 Å². The molecule has 7 nitrogen and oxygen atoms in total. The molecule has 32 heavy (non-hydrogen) atoms. The van der Waals surface area contributed by atoms with Gasteiger partial charge in [0.1, 0.15) is 12.4 Å². The van der Waals surface area contributed by atoms with E-state index in [2.05, 4.69) is 85.2 Å². The number of carboxylic acids is 2. The third kappa shape index (κ3) is 7.66. The maximum atomic E-state index is 9.10. The minimum absolute atomic E-state index is 0.00125. The predicted molar refractivity (Wildman–Crippen MR) is 124 cm³/mol. The summed E-state index contributed by atoms with van der Waals surface area (Å²) in [6.07, 6.45) is 0. The number of carbonyl (C=O) groups is 2. The van der Waals surface area contributed by atoms with E-state index in [1.807, 2.05) is 0 Å². The molecule has 1 fully saturated rings. The fourth-order valence-corrected chi connectivity index (χ4v) is 3.61. The first-order valence-corrected chi connectivity index (χ1v) is 10.9. The second-order valence-corrected chi connectivity index (χ2v) is 8.25. The van der Waals surface area contributed by atoms with Gasteiger partial charge in [-0.05, 0) is 29.8 Å². The summed E-state index contributed by atoms with van der Waals surface area (Å²) < 4.78 is 5.98. The summed E-state index contributed by atoms with van der Waals surface area (Å²) in [5, 5.41) is 14.8. The van der Waals surface area contributed by atoms with Gasteiger partial charge in [-0.25, -0.2) is 9.59 Å². The molecule has 0 aromatic heterocycles. The number of aliphatic carboxylic acids is 2. The summed E-state index contributed by atoms with van der Waals surface area (Å²) in [6.45, 7) is 14.4. The van der Waals surface area contributed by atoms with Crippen LogP contribution in [-0.4, -0.2) is 77.8 Å². The van der Waals surface area contributed by atoms with Crippen molar-refractivity contribution in [2.45, 2.75) is 26.2 Å². The summed E-state index contributed by atoms with van der Waals surface area (Å²) in [7, 11) is 0. The van der Waals surface area contributed by atoms with Crippen LogP contribution in [0.1, 0.15) is 31.9 Å². The lowest BCUT2D eigenvalue weighted by Crippen LogP contribution is -2.47. The fourth-order valence-electron chi connectivity index (χ4n) is 3.61. The largest absolute Gasteiger partial charge is 0.492 e. The molecule has 1 aliphatic rings. The molecule has 7 heteroatoms. The van der Waals surface area contributed by atoms with Gasteiger partial charge >= 0.3 is 11.9 Å². The van der Waals surface area contributed by atoms with E-state index in [1.54, 1.807) is 0 Å². The van der Waals surface area contributed by atoms with Gasteiger partial charge in [0.05, 0.1) is 0 Å². The average molecular weight is 443 g/mol. The molecule has 0 atom stereocenters. The predicted octanol–water partition coefficient (Wildman–Crippen LogP) is 3.18. The summed E-state index contributed by atoms with van der Waals surface area (Å²) in [5.41, 5.74) is 2.64. The molecule has 0 amide bonds. The van der Waals surface area contributed by atoms with Gasteiger partial charge in [0.2, 0.25) is 0 Å². The molecule has 0 spiro atoms. The second kappa shape index (κ2) is 12.2. The van der Waals surface area contributed by atoms with Crippen molar-refractivity contribution in [2.75, 3.05) is 45.9 Å². The average Bonchev–Trinajstić information content (AvgIpc) is 2.81. The molecule has 3 rings (SSSR count). The van der Waals surface area contributed by atoms with Gasteiger partial charge in [-0.1, -0.05) is 63.2 Å². The number of rotatable bonds is 7. The number of piperazine rings is 1. The van der Waals surface area contributed by atoms with Crippen LogP contribution >= 0.6 is 0 Å². The van der Waals surface area contributed by atoms with Crippen LogP contribution in [0.2, 0.25) is 0 Å². The monoisotopic (exact) mass is 442 g/mol. The van der Waals surface area contributed by atoms with E-state index in [-0.39, 0.29) is 5.41 Å². The summed E-state index contributed by atoms with van der Waals surface area (Å²) in [6, 6.07) is 19.3. The highest BCUT2D eigenvalue weighted by molar-refractivity contribution is 6.27. The van der Waals surface area contributed by atoms with Crippen LogP contribution in [-0.2, 0) is 15.0 Å². The Kier molecular flexibility index (Phi) is 9.68. The first-order valence-electron chi connectivity index (χ1n) is 10.9. The molecule has 0 aliphatic carbocycles. The van der Waals surface area contributed by atoms with Crippen molar-refractivity contribution in [2.24, 2.45) is 0 Å². The zero-order valence-corrected chi connectivity index (χ0v) is 19.2. The molecule has 0 unspecified atom stereocenters. The topological polar surface area (TPSA) is 90.3 Å². The van der Waals surface area contributed by atoms with Crippen LogP contribution in [0.3, 0.4) is 0 Å². The van der Waals surface area contributed by atoms with Crippen LogP contribution in [0, 0.1) is 0 Å². The van der Waals surface area contributed by atoms with Gasteiger partial charge in [0.15, 0.2) is 0 Å². The maximum absolute atomic E-state index is 9.10. The fraction of sp³-hybridized carbons (Fsp3) is 0.440. The molecule has 1 saturated heterocycles. The Hall–Kier alpha value is -2.90. The lowest BCUT2D eigenvalue weighted by atomic mass is 9.78. The van der Waals surface area contributed by atoms with Gasteiger partial charge < -0.3 is 19.8 Å². The minimum atomic E-state index is -1.82. The van der Waals surface area contributed by atoms with Gasteiger partial charge in [0, 0.05) is 38.1 Å². The van der Waals surface area contributed by atoms with Gasteiger partial charge in [-0.15, -0.1) is 0 Å². The van der Waals surface area contributed by atoms with Gasteiger partial charge in [-0.2, -0.15) is 0 Å². The Balaban J connectivity index is 0.000000534. The smallest absolute Gasteiger partial charge is 0.414 e. The number of ether oxygens (including phenoxy) is 1. The highest BCUT2D eigenvalue weighted by Gasteiger charge is 2.22. The van der Waals surface area contributed by atoms with E-state index in [9.17, 15) is 0 Å². The van der Waals surface area contributed by atoms with Crippen LogP contribution in [0.5, 0.6) is 5.75 Å². The Labute approximate surface area is 190 Å². The first-order chi connectivity index (χ1) is 15.2. The van der Waals surface area contributed by atoms with E-state index in [0.717, 1.165) is 38.5 Å². The van der Waals surface area contributed by atoms with Crippen molar-refractivity contribution in [3.05, 3.63) is 65.7 Å². The molecule has 2 aromatic rings. The van der Waals surface area contributed by atoms with Crippen molar-refractivity contribution in [1.29, 1.82) is 0 Å². The van der Waals surface area contributed by atoms with Crippen LogP contribution in [0.25, 0.3) is 0 Å². The van der Waals surface area contributed by atoms with E-state index < -0.39 is 11.9 Å². The molecular formula is C25H34N2O5. The van der Waals surface area contributed by atoms with E-state index in [4.69, 9.17) is 24.5 Å². The molecule has 0 radical (unpaired) electrons. The third-order valence-electron chi connectivity index (χ3n) is 5.84. The number of hydrogen-bond donors (Lipinski definition) is 2. The molecular weight excluding hydrogens is 408 g/mol. The standard InChI is InChI=1S/C23H32N2O.C2H2O4/c1-4-24-14-16-25(17-15-24)18-19-26-22-12-10-21(11-13-22)23(2,3)20-8-6-5-7-9-20;3-1(4)2(5)6/h5-13H,4,14-19H2,1-3H3;(H,3,4)(H,5,6). The minimum Gasteiger partial charge on any atom is -0.492 e. The molecule has 1 aliphatic heterocycles. The highest BCUT2D eigenvalue weighted by Crippen LogP contribution is 2.32. The zero-order chi connectivity index (χ0) is 23.6. The molecule has 174 valence electrons. The Bertz CT molecular complexity index is 832. The molecule has 1 heterocycles. The first kappa shape index (κ1) is 25.4. The third-order valence-corrected chi connectivity index (χ3v) is 5.84. The second-order valence-electron chi connectivity index (χ2n) is 8.25. The zero-order valence-electron chi connectivity index (χ0n) is 19.2. The normalized spacial score (nSPS) is 14.8. The van der Waals surface area contributed by atoms with E-state index >= 15 is 0 Å². The van der Waals surface area contributed by atoms with Crippen molar-refractivity contribution in [3.8, 4) is 5.75 Å². The number of carboxylic acid groups (broad SMARTS) is 2. The number of hydrogen-bond acceptors (Lipinski definition) is 5. The van der Waals surface area contributed by atoms with Crippen LogP contribution < -0.4 is 4.74 Å². The van der Waals surface area contributed by atoms with Crippen molar-refractivity contribution in [3.63, 3.8) is 0 Å². The lowest BCUT2D eigenvalue weighted by Gasteiger charge is -2.33. The molecule has 2 aromatic carbocycles. The highest BCUT2D eigenvalue weighted by atomic mass is 16.5. The Morgan fingerprint density at radius 2 is 1.34 bits per heavy atom. The van der Waals surface area contributed by atoms with Crippen molar-refractivity contribution >= 4 is 11.9 Å². The Morgan fingerprint density at radius 3 is 1.84 bits per heavy atom. The van der Waals surface area contributed by atoms with E-state index in [1.165, 1.54) is 24.2 Å². The molecule has 0 saturated carbocycles. The Morgan fingerprint density at radius 1 is 0.844 bits per heavy atom. The van der Waals surface area contributed by atoms with Gasteiger partial charge in [-0.3, -0.25) is 4.90 Å². The van der Waals surface area contributed by atoms with E-state index in [0.29, 0.717) is 0 Å². The SMILES string of the molecule is CCN1CCN(CCOc2ccc(C(C)(C)c3ccccc3)cc2)CC1.O=C(O)C(=O)O. The lowest BCUT2D eigenvalue weighted by molar-refractivity contribution is -0.159. The number of benzene rings is 2. The number of likely N-dealkylation sites (N-methyl/N-ethyl adjacent to an activating group) is 1. The van der Waals surface area contributed by atoms with Gasteiger partial charge in [0.25, 0.3) is 0 Å². The number of nitrogens with zero attached hydrogens (tertiary/aromatic N) is 2. The molecule has 0 bridgehead atoms. The molecule has 2 N–H and O–H groups in total.